The summed E-state index contributed by atoms with van der Waals surface area (Å²) in [4.78, 5) is 35.6. The number of hydrogen-bond acceptors (Lipinski definition) is 4. The van der Waals surface area contributed by atoms with Crippen molar-refractivity contribution < 1.29 is 9.59 Å². The average Bonchev–Trinajstić information content (AvgIpc) is 2.73. The van der Waals surface area contributed by atoms with Crippen molar-refractivity contribution in [1.82, 2.24) is 14.9 Å². The summed E-state index contributed by atoms with van der Waals surface area (Å²) >= 11 is 5.82. The summed E-state index contributed by atoms with van der Waals surface area (Å²) in [5.74, 6) is -0.646. The largest absolute Gasteiger partial charge is 0.329 e. The van der Waals surface area contributed by atoms with Gasteiger partial charge in [-0.05, 0) is 62.4 Å². The van der Waals surface area contributed by atoms with Gasteiger partial charge in [-0.15, -0.1) is 0 Å². The second kappa shape index (κ2) is 8.03. The molecule has 0 radical (unpaired) electrons. The van der Waals surface area contributed by atoms with Crippen LogP contribution in [0.5, 0.6) is 0 Å². The van der Waals surface area contributed by atoms with Gasteiger partial charge in [0.25, 0.3) is 0 Å². The quantitative estimate of drug-likeness (QED) is 0.621. The maximum absolute atomic E-state index is 12.9. The van der Waals surface area contributed by atoms with Gasteiger partial charge in [-0.3, -0.25) is 14.6 Å². The number of aromatic nitrogens is 2. The van der Waals surface area contributed by atoms with Gasteiger partial charge < -0.3 is 10.2 Å². The van der Waals surface area contributed by atoms with E-state index < -0.39 is 17.4 Å². The summed E-state index contributed by atoms with van der Waals surface area (Å²) in [7, 11) is 0. The number of halogens is 1. The third-order valence-corrected chi connectivity index (χ3v) is 5.93. The van der Waals surface area contributed by atoms with E-state index in [0.717, 1.165) is 23.7 Å². The molecule has 7 heteroatoms. The monoisotopic (exact) mass is 422 g/mol. The first-order valence-corrected chi connectivity index (χ1v) is 10.3. The third kappa shape index (κ3) is 4.00. The summed E-state index contributed by atoms with van der Waals surface area (Å²) < 4.78 is 0. The molecular weight excluding hydrogens is 400 g/mol. The molecule has 30 heavy (non-hydrogen) atoms. The normalized spacial score (nSPS) is 18.2. The zero-order valence-corrected chi connectivity index (χ0v) is 17.7. The molecule has 2 amide bonds. The van der Waals surface area contributed by atoms with Crippen LogP contribution in [-0.4, -0.2) is 38.8 Å². The molecule has 3 heterocycles. The van der Waals surface area contributed by atoms with Gasteiger partial charge >= 0.3 is 11.8 Å². The van der Waals surface area contributed by atoms with Crippen molar-refractivity contribution in [3.8, 4) is 0 Å². The van der Waals surface area contributed by atoms with Crippen molar-refractivity contribution in [3.05, 3.63) is 65.4 Å². The first-order chi connectivity index (χ1) is 14.3. The number of para-hydroxylation sites is 1. The minimum Gasteiger partial charge on any atom is -0.329 e. The van der Waals surface area contributed by atoms with Crippen LogP contribution in [0, 0.1) is 0 Å². The Morgan fingerprint density at radius 3 is 2.67 bits per heavy atom. The smallest absolute Gasteiger partial charge is 0.315 e. The van der Waals surface area contributed by atoms with Gasteiger partial charge in [-0.1, -0.05) is 29.8 Å². The maximum Gasteiger partial charge on any atom is 0.315 e. The number of fused-ring (bicyclic) bond motifs is 1. The van der Waals surface area contributed by atoms with Crippen LogP contribution in [0.15, 0.2) is 54.9 Å². The summed E-state index contributed by atoms with van der Waals surface area (Å²) in [5.41, 5.74) is 1.76. The number of likely N-dealkylation sites (tertiary alicyclic amines) is 1. The van der Waals surface area contributed by atoms with Crippen molar-refractivity contribution in [2.45, 2.75) is 38.1 Å². The van der Waals surface area contributed by atoms with Crippen LogP contribution < -0.4 is 5.32 Å². The number of piperidine rings is 1. The fraction of sp³-hybridized carbons (Fsp3) is 0.304. The molecule has 2 aromatic heterocycles. The molecule has 1 aliphatic heterocycles. The summed E-state index contributed by atoms with van der Waals surface area (Å²) in [5, 5.41) is 4.17. The lowest BCUT2D eigenvalue weighted by molar-refractivity contribution is -0.148. The van der Waals surface area contributed by atoms with E-state index in [1.165, 1.54) is 11.8 Å². The molecule has 0 bridgehead atoms. The minimum atomic E-state index is -0.689. The predicted molar refractivity (Wildman–Crippen MR) is 117 cm³/mol. The van der Waals surface area contributed by atoms with E-state index in [1.807, 2.05) is 38.2 Å². The molecule has 1 unspecified atom stereocenters. The van der Waals surface area contributed by atoms with E-state index in [-0.39, 0.29) is 5.92 Å². The summed E-state index contributed by atoms with van der Waals surface area (Å²) in [6.07, 6.45) is 4.82. The van der Waals surface area contributed by atoms with Gasteiger partial charge in [0, 0.05) is 29.9 Å². The molecule has 1 saturated heterocycles. The Kier molecular flexibility index (Phi) is 5.43. The molecule has 1 N–H and O–H groups in total. The SMILES string of the molecule is CC1(C)CC(c2ccnc3ccccc23)CCN1C(=O)C(=O)Nc1ccc(Cl)cn1. The number of rotatable bonds is 2. The van der Waals surface area contributed by atoms with E-state index in [4.69, 9.17) is 11.6 Å². The Morgan fingerprint density at radius 1 is 1.13 bits per heavy atom. The molecule has 3 aromatic rings. The van der Waals surface area contributed by atoms with Crippen LogP contribution in [-0.2, 0) is 9.59 Å². The third-order valence-electron chi connectivity index (χ3n) is 5.71. The predicted octanol–water partition coefficient (Wildman–Crippen LogP) is 4.41. The van der Waals surface area contributed by atoms with Crippen LogP contribution in [0.2, 0.25) is 5.02 Å². The number of benzene rings is 1. The van der Waals surface area contributed by atoms with Crippen molar-refractivity contribution in [2.24, 2.45) is 0 Å². The van der Waals surface area contributed by atoms with Crippen LogP contribution in [0.4, 0.5) is 5.82 Å². The molecular formula is C23H23ClN4O2. The number of amides is 2. The highest BCUT2D eigenvalue weighted by Gasteiger charge is 2.40. The second-order valence-corrected chi connectivity index (χ2v) is 8.63. The van der Waals surface area contributed by atoms with Crippen LogP contribution in [0.3, 0.4) is 0 Å². The molecule has 4 rings (SSSR count). The molecule has 1 aliphatic rings. The Balaban J connectivity index is 1.50. The van der Waals surface area contributed by atoms with Gasteiger partial charge in [0.2, 0.25) is 0 Å². The van der Waals surface area contributed by atoms with Gasteiger partial charge in [-0.2, -0.15) is 0 Å². The Labute approximate surface area is 180 Å². The minimum absolute atomic E-state index is 0.290. The Bertz CT molecular complexity index is 1090. The molecule has 0 saturated carbocycles. The van der Waals surface area contributed by atoms with Gasteiger partial charge in [0.1, 0.15) is 5.82 Å². The average molecular weight is 423 g/mol. The highest BCUT2D eigenvalue weighted by Crippen LogP contribution is 2.39. The number of nitrogens with one attached hydrogen (secondary N) is 1. The van der Waals surface area contributed by atoms with Crippen LogP contribution in [0.1, 0.15) is 38.2 Å². The number of pyridine rings is 2. The Hall–Kier alpha value is -2.99. The van der Waals surface area contributed by atoms with E-state index >= 15 is 0 Å². The lowest BCUT2D eigenvalue weighted by Gasteiger charge is -2.45. The van der Waals surface area contributed by atoms with Crippen LogP contribution in [0.25, 0.3) is 10.9 Å². The number of nitrogens with zero attached hydrogens (tertiary/aromatic N) is 3. The van der Waals surface area contributed by atoms with Crippen LogP contribution >= 0.6 is 11.6 Å². The lowest BCUT2D eigenvalue weighted by atomic mass is 9.78. The Morgan fingerprint density at radius 2 is 1.93 bits per heavy atom. The standard InChI is InChI=1S/C23H23ClN4O2/c1-23(2)13-15(17-9-11-25-19-6-4-3-5-18(17)19)10-12-28(23)22(30)21(29)27-20-8-7-16(24)14-26-20/h3-9,11,14-15H,10,12-13H2,1-2H3,(H,26,27,29). The molecule has 6 nitrogen and oxygen atoms in total. The number of hydrogen-bond donors (Lipinski definition) is 1. The molecule has 0 spiro atoms. The molecule has 1 fully saturated rings. The first-order valence-electron chi connectivity index (χ1n) is 9.93. The fourth-order valence-electron chi connectivity index (χ4n) is 4.26. The lowest BCUT2D eigenvalue weighted by Crippen LogP contribution is -2.55. The van der Waals surface area contributed by atoms with Crippen molar-refractivity contribution >= 4 is 40.1 Å². The highest BCUT2D eigenvalue weighted by atomic mass is 35.5. The van der Waals surface area contributed by atoms with E-state index in [1.54, 1.807) is 17.0 Å². The summed E-state index contributed by atoms with van der Waals surface area (Å²) in [6.45, 7) is 4.52. The number of carbonyl (C=O) groups excluding carboxylic acids is 2. The second-order valence-electron chi connectivity index (χ2n) is 8.19. The van der Waals surface area contributed by atoms with Crippen molar-refractivity contribution in [3.63, 3.8) is 0 Å². The van der Waals surface area contributed by atoms with E-state index in [9.17, 15) is 9.59 Å². The topological polar surface area (TPSA) is 75.2 Å². The maximum atomic E-state index is 12.9. The zero-order chi connectivity index (χ0) is 21.3. The number of anilines is 1. The zero-order valence-electron chi connectivity index (χ0n) is 16.9. The van der Waals surface area contributed by atoms with E-state index in [2.05, 4.69) is 27.4 Å². The first kappa shape index (κ1) is 20.3. The van der Waals surface area contributed by atoms with Gasteiger partial charge in [-0.25, -0.2) is 4.98 Å². The molecule has 1 atom stereocenters. The highest BCUT2D eigenvalue weighted by molar-refractivity contribution is 6.39. The fourth-order valence-corrected chi connectivity index (χ4v) is 4.37. The molecule has 1 aromatic carbocycles. The molecule has 0 aliphatic carbocycles. The van der Waals surface area contributed by atoms with Gasteiger partial charge in [0.05, 0.1) is 10.5 Å². The molecule has 154 valence electrons. The van der Waals surface area contributed by atoms with Crippen molar-refractivity contribution in [1.29, 1.82) is 0 Å². The van der Waals surface area contributed by atoms with Crippen molar-refractivity contribution in [2.75, 3.05) is 11.9 Å². The summed E-state index contributed by atoms with van der Waals surface area (Å²) in [6, 6.07) is 13.4. The number of carbonyl (C=O) groups is 2. The van der Waals surface area contributed by atoms with Gasteiger partial charge in [0.15, 0.2) is 0 Å². The van der Waals surface area contributed by atoms with E-state index in [0.29, 0.717) is 17.4 Å².